The highest BCUT2D eigenvalue weighted by atomic mass is 16.5. The van der Waals surface area contributed by atoms with E-state index in [2.05, 4.69) is 12.2 Å². The summed E-state index contributed by atoms with van der Waals surface area (Å²) < 4.78 is 15.7. The maximum absolute atomic E-state index is 11.9. The van der Waals surface area contributed by atoms with Crippen LogP contribution >= 0.6 is 0 Å². The summed E-state index contributed by atoms with van der Waals surface area (Å²) >= 11 is 0. The molecule has 0 saturated heterocycles. The third kappa shape index (κ3) is 6.94. The fraction of sp³-hybridized carbons (Fsp3) is 0.600. The molecular formula is C20H29NO5. The summed E-state index contributed by atoms with van der Waals surface area (Å²) in [5.74, 6) is 1.38. The van der Waals surface area contributed by atoms with Gasteiger partial charge in [0, 0.05) is 12.5 Å². The van der Waals surface area contributed by atoms with Crippen LogP contribution in [-0.4, -0.2) is 38.2 Å². The second kappa shape index (κ2) is 10.7. The fourth-order valence-corrected chi connectivity index (χ4v) is 3.08. The number of carbonyl (C=O) groups is 2. The van der Waals surface area contributed by atoms with Crippen molar-refractivity contribution in [2.24, 2.45) is 5.92 Å². The largest absolute Gasteiger partial charge is 0.497 e. The maximum atomic E-state index is 11.9. The molecule has 2 atom stereocenters. The second-order valence-electron chi connectivity index (χ2n) is 6.72. The number of hydrogen-bond acceptors (Lipinski definition) is 5. The van der Waals surface area contributed by atoms with Gasteiger partial charge < -0.3 is 19.5 Å². The Morgan fingerprint density at radius 1 is 1.12 bits per heavy atom. The smallest absolute Gasteiger partial charge is 0.306 e. The number of nitrogens with one attached hydrogen (secondary N) is 1. The lowest BCUT2D eigenvalue weighted by Gasteiger charge is -2.29. The summed E-state index contributed by atoms with van der Waals surface area (Å²) in [5.41, 5.74) is 0. The van der Waals surface area contributed by atoms with Gasteiger partial charge in [-0.05, 0) is 49.4 Å². The molecule has 144 valence electrons. The molecule has 0 radical (unpaired) electrons. The van der Waals surface area contributed by atoms with E-state index in [9.17, 15) is 9.59 Å². The van der Waals surface area contributed by atoms with Crippen LogP contribution < -0.4 is 14.8 Å². The first kappa shape index (κ1) is 20.1. The predicted molar refractivity (Wildman–Crippen MR) is 98.2 cm³/mol. The number of methoxy groups -OCH3 is 1. The Labute approximate surface area is 155 Å². The van der Waals surface area contributed by atoms with E-state index in [1.165, 1.54) is 6.42 Å². The van der Waals surface area contributed by atoms with Gasteiger partial charge in [-0.3, -0.25) is 9.59 Å². The fourth-order valence-electron chi connectivity index (χ4n) is 3.08. The van der Waals surface area contributed by atoms with Gasteiger partial charge in [0.1, 0.15) is 11.5 Å². The molecule has 0 heterocycles. The maximum Gasteiger partial charge on any atom is 0.306 e. The van der Waals surface area contributed by atoms with Crippen LogP contribution in [0.15, 0.2) is 24.3 Å². The van der Waals surface area contributed by atoms with Crippen molar-refractivity contribution in [1.82, 2.24) is 5.32 Å². The lowest BCUT2D eigenvalue weighted by Crippen LogP contribution is -2.42. The van der Waals surface area contributed by atoms with Crippen molar-refractivity contribution in [1.29, 1.82) is 0 Å². The third-order valence-corrected chi connectivity index (χ3v) is 4.68. The highest BCUT2D eigenvalue weighted by Crippen LogP contribution is 2.23. The van der Waals surface area contributed by atoms with E-state index >= 15 is 0 Å². The molecule has 0 aromatic heterocycles. The van der Waals surface area contributed by atoms with E-state index in [1.807, 2.05) is 24.3 Å². The van der Waals surface area contributed by atoms with Crippen LogP contribution in [0.25, 0.3) is 0 Å². The normalized spacial score (nSPS) is 19.5. The van der Waals surface area contributed by atoms with Crippen LogP contribution in [0.1, 0.15) is 45.4 Å². The van der Waals surface area contributed by atoms with E-state index < -0.39 is 0 Å². The molecule has 2 rings (SSSR count). The second-order valence-corrected chi connectivity index (χ2v) is 6.72. The highest BCUT2D eigenvalue weighted by molar-refractivity contribution is 5.80. The number of amides is 1. The molecule has 6 heteroatoms. The van der Waals surface area contributed by atoms with Crippen molar-refractivity contribution < 1.29 is 23.8 Å². The van der Waals surface area contributed by atoms with Gasteiger partial charge in [-0.1, -0.05) is 19.8 Å². The minimum atomic E-state index is -0.379. The zero-order valence-electron chi connectivity index (χ0n) is 15.7. The molecule has 1 fully saturated rings. The van der Waals surface area contributed by atoms with Gasteiger partial charge in [0.2, 0.25) is 0 Å². The first-order valence-corrected chi connectivity index (χ1v) is 9.30. The van der Waals surface area contributed by atoms with E-state index in [-0.39, 0.29) is 30.9 Å². The van der Waals surface area contributed by atoms with E-state index in [4.69, 9.17) is 14.2 Å². The first-order chi connectivity index (χ1) is 12.6. The van der Waals surface area contributed by atoms with Gasteiger partial charge in [0.15, 0.2) is 6.61 Å². The number of hydrogen-bond donors (Lipinski definition) is 1. The molecule has 0 unspecified atom stereocenters. The zero-order valence-corrected chi connectivity index (χ0v) is 15.7. The van der Waals surface area contributed by atoms with E-state index in [0.29, 0.717) is 18.9 Å². The lowest BCUT2D eigenvalue weighted by atomic mass is 9.86. The van der Waals surface area contributed by atoms with Crippen molar-refractivity contribution in [3.05, 3.63) is 24.3 Å². The van der Waals surface area contributed by atoms with Gasteiger partial charge >= 0.3 is 5.97 Å². The van der Waals surface area contributed by atoms with Crippen LogP contribution in [0, 0.1) is 5.92 Å². The molecular weight excluding hydrogens is 334 g/mol. The van der Waals surface area contributed by atoms with E-state index in [1.54, 1.807) is 7.11 Å². The molecule has 1 aromatic rings. The number of ether oxygens (including phenoxy) is 3. The third-order valence-electron chi connectivity index (χ3n) is 4.68. The Balaban J connectivity index is 1.56. The van der Waals surface area contributed by atoms with Gasteiger partial charge in [-0.15, -0.1) is 0 Å². The van der Waals surface area contributed by atoms with Crippen LogP contribution in [0.3, 0.4) is 0 Å². The SMILES string of the molecule is COc1ccc(OCCCC(=O)OCC(=O)N[C@H]2CCCC[C@H]2C)cc1. The van der Waals surface area contributed by atoms with Crippen molar-refractivity contribution in [3.8, 4) is 11.5 Å². The van der Waals surface area contributed by atoms with Gasteiger partial charge in [-0.25, -0.2) is 0 Å². The summed E-state index contributed by atoms with van der Waals surface area (Å²) in [6, 6.07) is 7.46. The van der Waals surface area contributed by atoms with Crippen LogP contribution in [-0.2, 0) is 14.3 Å². The van der Waals surface area contributed by atoms with Crippen molar-refractivity contribution in [2.45, 2.75) is 51.5 Å². The quantitative estimate of drug-likeness (QED) is 0.539. The van der Waals surface area contributed by atoms with Gasteiger partial charge in [0.05, 0.1) is 13.7 Å². The Hall–Kier alpha value is -2.24. The summed E-state index contributed by atoms with van der Waals surface area (Å²) in [6.45, 7) is 2.35. The number of benzene rings is 1. The number of esters is 1. The zero-order chi connectivity index (χ0) is 18.8. The minimum Gasteiger partial charge on any atom is -0.497 e. The Morgan fingerprint density at radius 2 is 1.81 bits per heavy atom. The molecule has 1 saturated carbocycles. The number of carbonyl (C=O) groups excluding carboxylic acids is 2. The monoisotopic (exact) mass is 363 g/mol. The van der Waals surface area contributed by atoms with Crippen molar-refractivity contribution in [3.63, 3.8) is 0 Å². The first-order valence-electron chi connectivity index (χ1n) is 9.30. The average molecular weight is 363 g/mol. The Bertz CT molecular complexity index is 572. The molecule has 26 heavy (non-hydrogen) atoms. The van der Waals surface area contributed by atoms with E-state index in [0.717, 1.165) is 30.8 Å². The molecule has 6 nitrogen and oxygen atoms in total. The summed E-state index contributed by atoms with van der Waals surface area (Å²) in [4.78, 5) is 23.6. The van der Waals surface area contributed by atoms with Crippen LogP contribution in [0.2, 0.25) is 0 Å². The molecule has 0 spiro atoms. The Morgan fingerprint density at radius 3 is 2.50 bits per heavy atom. The van der Waals surface area contributed by atoms with Crippen LogP contribution in [0.5, 0.6) is 11.5 Å². The Kier molecular flexibility index (Phi) is 8.25. The molecule has 1 aromatic carbocycles. The predicted octanol–water partition coefficient (Wildman–Crippen LogP) is 3.09. The van der Waals surface area contributed by atoms with Crippen molar-refractivity contribution >= 4 is 11.9 Å². The molecule has 1 amide bonds. The van der Waals surface area contributed by atoms with Crippen LogP contribution in [0.4, 0.5) is 0 Å². The molecule has 0 bridgehead atoms. The highest BCUT2D eigenvalue weighted by Gasteiger charge is 2.23. The molecule has 1 aliphatic rings. The summed E-state index contributed by atoms with van der Waals surface area (Å²) in [5, 5.41) is 2.97. The lowest BCUT2D eigenvalue weighted by molar-refractivity contribution is -0.149. The summed E-state index contributed by atoms with van der Waals surface area (Å²) in [7, 11) is 1.61. The summed E-state index contributed by atoms with van der Waals surface area (Å²) in [6.07, 6.45) is 5.27. The number of rotatable bonds is 9. The minimum absolute atomic E-state index is 0.202. The molecule has 1 N–H and O–H groups in total. The molecule has 0 aliphatic heterocycles. The van der Waals surface area contributed by atoms with Gasteiger partial charge in [0.25, 0.3) is 5.91 Å². The van der Waals surface area contributed by atoms with Gasteiger partial charge in [-0.2, -0.15) is 0 Å². The topological polar surface area (TPSA) is 73.9 Å². The average Bonchev–Trinajstić information content (AvgIpc) is 2.66. The standard InChI is InChI=1S/C20H29NO5/c1-15-6-3-4-7-18(15)21-19(22)14-26-20(23)8-5-13-25-17-11-9-16(24-2)10-12-17/h9-12,15,18H,3-8,13-14H2,1-2H3,(H,21,22)/t15-,18+/m1/s1. The van der Waals surface area contributed by atoms with Crippen molar-refractivity contribution in [2.75, 3.05) is 20.3 Å². The molecule has 1 aliphatic carbocycles.